The highest BCUT2D eigenvalue weighted by atomic mass is 32.1. The topological polar surface area (TPSA) is 82.1 Å². The minimum atomic E-state index is -4.46. The molecule has 0 bridgehead atoms. The Morgan fingerprint density at radius 2 is 2.07 bits per heavy atom. The van der Waals surface area contributed by atoms with E-state index in [0.29, 0.717) is 25.7 Å². The van der Waals surface area contributed by atoms with Crippen molar-refractivity contribution in [2.24, 2.45) is 4.99 Å². The average Bonchev–Trinajstić information content (AvgIpc) is 3.13. The maximum absolute atomic E-state index is 12.7. The number of amides is 1. The molecule has 1 fully saturated rings. The second-order valence-electron chi connectivity index (χ2n) is 6.31. The van der Waals surface area contributed by atoms with E-state index in [4.69, 9.17) is 4.74 Å². The Bertz CT molecular complexity index is 659. The van der Waals surface area contributed by atoms with Gasteiger partial charge >= 0.3 is 6.18 Å². The van der Waals surface area contributed by atoms with Crippen LogP contribution in [0, 0.1) is 0 Å². The van der Waals surface area contributed by atoms with Crippen LogP contribution in [0.2, 0.25) is 0 Å². The normalized spacial score (nSPS) is 16.1. The van der Waals surface area contributed by atoms with Crippen LogP contribution in [0.25, 0.3) is 0 Å². The molecular weight excluding hydrogens is 397 g/mol. The van der Waals surface area contributed by atoms with Crippen LogP contribution in [-0.4, -0.2) is 86.7 Å². The second-order valence-corrected chi connectivity index (χ2v) is 7.25. The molecule has 158 valence electrons. The van der Waals surface area contributed by atoms with E-state index in [9.17, 15) is 18.0 Å². The van der Waals surface area contributed by atoms with Gasteiger partial charge in [0, 0.05) is 45.7 Å². The lowest BCUT2D eigenvalue weighted by atomic mass is 10.4. The lowest BCUT2D eigenvalue weighted by Crippen LogP contribution is -2.44. The van der Waals surface area contributed by atoms with Gasteiger partial charge < -0.3 is 20.3 Å². The highest BCUT2D eigenvalue weighted by molar-refractivity contribution is 7.09. The number of aliphatic imine (C=N–C) groups is 1. The number of likely N-dealkylation sites (N-methyl/N-ethyl adjacent to an activating group) is 1. The number of carbonyl (C=O) groups excluding carboxylic acids is 1. The Morgan fingerprint density at radius 3 is 2.68 bits per heavy atom. The van der Waals surface area contributed by atoms with Crippen LogP contribution in [0.3, 0.4) is 0 Å². The van der Waals surface area contributed by atoms with Crippen molar-refractivity contribution in [2.45, 2.75) is 12.7 Å². The van der Waals surface area contributed by atoms with Crippen molar-refractivity contribution in [3.8, 4) is 0 Å². The SMILES string of the molecule is CN(C)C(=O)CN=C(NCCN1CCOCC1)NCc1nc(C(F)(F)F)cs1. The van der Waals surface area contributed by atoms with Gasteiger partial charge in [0.15, 0.2) is 11.7 Å². The second kappa shape index (κ2) is 10.6. The summed E-state index contributed by atoms with van der Waals surface area (Å²) in [6.07, 6.45) is -4.46. The first-order chi connectivity index (χ1) is 13.3. The molecule has 2 N–H and O–H groups in total. The van der Waals surface area contributed by atoms with Crippen molar-refractivity contribution in [3.05, 3.63) is 16.1 Å². The minimum Gasteiger partial charge on any atom is -0.379 e. The first-order valence-electron chi connectivity index (χ1n) is 8.79. The number of hydrogen-bond donors (Lipinski definition) is 2. The summed E-state index contributed by atoms with van der Waals surface area (Å²) >= 11 is 0.921. The number of alkyl halides is 3. The molecular formula is C16H25F3N6O2S. The van der Waals surface area contributed by atoms with Crippen LogP contribution in [0.15, 0.2) is 10.4 Å². The van der Waals surface area contributed by atoms with Crippen LogP contribution in [0.4, 0.5) is 13.2 Å². The van der Waals surface area contributed by atoms with Crippen molar-refractivity contribution in [3.63, 3.8) is 0 Å². The lowest BCUT2D eigenvalue weighted by Gasteiger charge is -2.26. The van der Waals surface area contributed by atoms with Gasteiger partial charge in [-0.25, -0.2) is 9.98 Å². The van der Waals surface area contributed by atoms with Crippen molar-refractivity contribution >= 4 is 23.2 Å². The van der Waals surface area contributed by atoms with Gasteiger partial charge in [-0.2, -0.15) is 13.2 Å². The lowest BCUT2D eigenvalue weighted by molar-refractivity contribution is -0.140. The van der Waals surface area contributed by atoms with Gasteiger partial charge in [0.1, 0.15) is 11.6 Å². The Kier molecular flexibility index (Phi) is 8.45. The Morgan fingerprint density at radius 1 is 1.36 bits per heavy atom. The molecule has 2 heterocycles. The molecule has 0 atom stereocenters. The molecule has 1 aliphatic rings. The first kappa shape index (κ1) is 22.4. The zero-order chi connectivity index (χ0) is 20.6. The Labute approximate surface area is 165 Å². The van der Waals surface area contributed by atoms with Gasteiger partial charge in [0.05, 0.1) is 19.8 Å². The highest BCUT2D eigenvalue weighted by Crippen LogP contribution is 2.29. The summed E-state index contributed by atoms with van der Waals surface area (Å²) in [6, 6.07) is 0. The summed E-state index contributed by atoms with van der Waals surface area (Å²) in [4.78, 5) is 23.2. The molecule has 1 aliphatic heterocycles. The smallest absolute Gasteiger partial charge is 0.379 e. The molecule has 0 spiro atoms. The number of hydrogen-bond acceptors (Lipinski definition) is 6. The predicted octanol–water partition coefficient (Wildman–Crippen LogP) is 0.618. The molecule has 8 nitrogen and oxygen atoms in total. The molecule has 0 aliphatic carbocycles. The van der Waals surface area contributed by atoms with Crippen LogP contribution in [0.5, 0.6) is 0 Å². The molecule has 2 rings (SSSR count). The Balaban J connectivity index is 1.90. The van der Waals surface area contributed by atoms with Gasteiger partial charge in [-0.05, 0) is 0 Å². The summed E-state index contributed by atoms with van der Waals surface area (Å²) in [6.45, 7) is 4.45. The van der Waals surface area contributed by atoms with Crippen LogP contribution >= 0.6 is 11.3 Å². The van der Waals surface area contributed by atoms with E-state index in [0.717, 1.165) is 36.4 Å². The number of ether oxygens (including phenoxy) is 1. The van der Waals surface area contributed by atoms with E-state index in [1.807, 2.05) is 0 Å². The van der Waals surface area contributed by atoms with Gasteiger partial charge in [0.2, 0.25) is 5.91 Å². The summed E-state index contributed by atoms with van der Waals surface area (Å²) in [5.41, 5.74) is -0.907. The van der Waals surface area contributed by atoms with Gasteiger partial charge in [0.25, 0.3) is 0 Å². The number of carbonyl (C=O) groups is 1. The third-order valence-corrected chi connectivity index (χ3v) is 4.79. The number of halogens is 3. The standard InChI is InChI=1S/C16H25F3N6O2S/c1-24(2)14(26)10-22-15(20-3-4-25-5-7-27-8-6-25)21-9-13-23-12(11-28-13)16(17,18)19/h11H,3-10H2,1-2H3,(H2,20,21,22). The minimum absolute atomic E-state index is 0.0639. The fourth-order valence-corrected chi connectivity index (χ4v) is 3.04. The van der Waals surface area contributed by atoms with Crippen LogP contribution in [-0.2, 0) is 22.3 Å². The molecule has 28 heavy (non-hydrogen) atoms. The number of nitrogens with one attached hydrogen (secondary N) is 2. The molecule has 12 heteroatoms. The van der Waals surface area contributed by atoms with E-state index < -0.39 is 11.9 Å². The number of aromatic nitrogens is 1. The van der Waals surface area contributed by atoms with Crippen LogP contribution in [0.1, 0.15) is 10.7 Å². The molecule has 0 unspecified atom stereocenters. The maximum Gasteiger partial charge on any atom is 0.434 e. The van der Waals surface area contributed by atoms with E-state index in [-0.39, 0.29) is 24.0 Å². The van der Waals surface area contributed by atoms with E-state index in [1.165, 1.54) is 4.90 Å². The molecule has 0 aromatic carbocycles. The predicted molar refractivity (Wildman–Crippen MR) is 100 cm³/mol. The summed E-state index contributed by atoms with van der Waals surface area (Å²) < 4.78 is 43.3. The number of rotatable bonds is 7. The van der Waals surface area contributed by atoms with Gasteiger partial charge in [-0.1, -0.05) is 0 Å². The van der Waals surface area contributed by atoms with Gasteiger partial charge in [-0.15, -0.1) is 11.3 Å². The fraction of sp³-hybridized carbons (Fsp3) is 0.688. The molecule has 0 radical (unpaired) electrons. The average molecular weight is 422 g/mol. The monoisotopic (exact) mass is 422 g/mol. The van der Waals surface area contributed by atoms with Crippen molar-refractivity contribution in [1.82, 2.24) is 25.4 Å². The highest BCUT2D eigenvalue weighted by Gasteiger charge is 2.33. The third-order valence-electron chi connectivity index (χ3n) is 3.94. The summed E-state index contributed by atoms with van der Waals surface area (Å²) in [5, 5.41) is 7.31. The first-order valence-corrected chi connectivity index (χ1v) is 9.67. The zero-order valence-corrected chi connectivity index (χ0v) is 16.7. The number of nitrogens with zero attached hydrogens (tertiary/aromatic N) is 4. The molecule has 0 saturated carbocycles. The third kappa shape index (κ3) is 7.60. The summed E-state index contributed by atoms with van der Waals surface area (Å²) in [7, 11) is 3.26. The molecule has 1 amide bonds. The summed E-state index contributed by atoms with van der Waals surface area (Å²) in [5.74, 6) is 0.176. The van der Waals surface area contributed by atoms with E-state index >= 15 is 0 Å². The quantitative estimate of drug-likeness (QED) is 0.495. The van der Waals surface area contributed by atoms with E-state index in [2.05, 4.69) is 25.5 Å². The number of morpholine rings is 1. The Hall–Kier alpha value is -1.92. The van der Waals surface area contributed by atoms with Crippen molar-refractivity contribution in [1.29, 1.82) is 0 Å². The van der Waals surface area contributed by atoms with Crippen LogP contribution < -0.4 is 10.6 Å². The van der Waals surface area contributed by atoms with Gasteiger partial charge in [-0.3, -0.25) is 9.69 Å². The molecule has 1 saturated heterocycles. The van der Waals surface area contributed by atoms with Crippen molar-refractivity contribution < 1.29 is 22.7 Å². The number of guanidine groups is 1. The van der Waals surface area contributed by atoms with Crippen molar-refractivity contribution in [2.75, 3.05) is 60.0 Å². The zero-order valence-electron chi connectivity index (χ0n) is 15.9. The number of thiazole rings is 1. The largest absolute Gasteiger partial charge is 0.434 e. The molecule has 1 aromatic heterocycles. The molecule has 1 aromatic rings. The fourth-order valence-electron chi connectivity index (χ4n) is 2.30. The maximum atomic E-state index is 12.7. The van der Waals surface area contributed by atoms with E-state index in [1.54, 1.807) is 14.1 Å².